The molecule has 1 N–H and O–H groups in total. The summed E-state index contributed by atoms with van der Waals surface area (Å²) in [4.78, 5) is 20.2. The second kappa shape index (κ2) is 11.6. The Morgan fingerprint density at radius 1 is 1.12 bits per heavy atom. The Morgan fingerprint density at radius 3 is 2.78 bits per heavy atom. The lowest BCUT2D eigenvalue weighted by Gasteiger charge is -2.14. The molecule has 3 rings (SSSR count). The molecule has 0 fully saturated rings. The number of carbonyl (C=O) groups is 1. The summed E-state index contributed by atoms with van der Waals surface area (Å²) in [5.74, 6) is 4.33. The van der Waals surface area contributed by atoms with Crippen LogP contribution in [-0.4, -0.2) is 36.3 Å². The number of ether oxygens (including phenoxy) is 3. The number of esters is 1. The lowest BCUT2D eigenvalue weighted by Crippen LogP contribution is -2.04. The number of nitrogens with zero attached hydrogens (tertiary/aromatic N) is 2. The molecule has 0 saturated carbocycles. The number of methoxy groups -OCH3 is 1. The average molecular weight is 434 g/mol. The Kier molecular flexibility index (Phi) is 8.27. The van der Waals surface area contributed by atoms with Crippen molar-refractivity contribution in [2.24, 2.45) is 0 Å². The second-order valence-electron chi connectivity index (χ2n) is 7.06. The number of terminal acetylenes is 1. The van der Waals surface area contributed by atoms with E-state index in [1.165, 1.54) is 6.33 Å². The SMILES string of the molecule is C#Cc1cccc(Nc2ncnc3cc(OC)c(OCCCCCC(=O)OCC)cc23)c1. The molecule has 0 aliphatic carbocycles. The monoisotopic (exact) mass is 433 g/mol. The van der Waals surface area contributed by atoms with Crippen LogP contribution in [0.1, 0.15) is 38.2 Å². The van der Waals surface area contributed by atoms with Crippen molar-refractivity contribution in [1.82, 2.24) is 9.97 Å². The highest BCUT2D eigenvalue weighted by Crippen LogP contribution is 2.35. The lowest BCUT2D eigenvalue weighted by molar-refractivity contribution is -0.143. The summed E-state index contributed by atoms with van der Waals surface area (Å²) >= 11 is 0. The molecule has 7 heteroatoms. The van der Waals surface area contributed by atoms with Gasteiger partial charge in [0.1, 0.15) is 12.1 Å². The Balaban J connectivity index is 1.70. The molecule has 0 aliphatic heterocycles. The molecule has 1 heterocycles. The Morgan fingerprint density at radius 2 is 2.00 bits per heavy atom. The molecule has 0 spiro atoms. The number of benzene rings is 2. The minimum Gasteiger partial charge on any atom is -0.493 e. The minimum atomic E-state index is -0.155. The fourth-order valence-electron chi connectivity index (χ4n) is 3.22. The van der Waals surface area contributed by atoms with Crippen LogP contribution in [0.3, 0.4) is 0 Å². The van der Waals surface area contributed by atoms with Crippen molar-refractivity contribution < 1.29 is 19.0 Å². The molecule has 0 aliphatic rings. The number of rotatable bonds is 11. The second-order valence-corrected chi connectivity index (χ2v) is 7.06. The van der Waals surface area contributed by atoms with Gasteiger partial charge in [0.05, 0.1) is 25.8 Å². The number of aromatic nitrogens is 2. The van der Waals surface area contributed by atoms with Crippen LogP contribution in [-0.2, 0) is 9.53 Å². The van der Waals surface area contributed by atoms with Gasteiger partial charge < -0.3 is 19.5 Å². The van der Waals surface area contributed by atoms with E-state index in [-0.39, 0.29) is 5.97 Å². The van der Waals surface area contributed by atoms with Gasteiger partial charge in [-0.15, -0.1) is 6.42 Å². The molecule has 7 nitrogen and oxygen atoms in total. The van der Waals surface area contributed by atoms with E-state index < -0.39 is 0 Å². The third kappa shape index (κ3) is 6.11. The summed E-state index contributed by atoms with van der Waals surface area (Å²) in [6.45, 7) is 2.73. The van der Waals surface area contributed by atoms with Crippen LogP contribution >= 0.6 is 0 Å². The van der Waals surface area contributed by atoms with Gasteiger partial charge in [-0.3, -0.25) is 4.79 Å². The van der Waals surface area contributed by atoms with Crippen LogP contribution in [0.4, 0.5) is 11.5 Å². The van der Waals surface area contributed by atoms with Crippen molar-refractivity contribution in [1.29, 1.82) is 0 Å². The normalized spacial score (nSPS) is 10.4. The zero-order valence-electron chi connectivity index (χ0n) is 18.4. The number of fused-ring (bicyclic) bond motifs is 1. The molecule has 166 valence electrons. The van der Waals surface area contributed by atoms with Gasteiger partial charge in [-0.25, -0.2) is 9.97 Å². The Labute approximate surface area is 188 Å². The van der Waals surface area contributed by atoms with Gasteiger partial charge in [0, 0.05) is 29.1 Å². The lowest BCUT2D eigenvalue weighted by atomic mass is 10.1. The van der Waals surface area contributed by atoms with E-state index >= 15 is 0 Å². The first-order chi connectivity index (χ1) is 15.6. The van der Waals surface area contributed by atoms with Crippen molar-refractivity contribution >= 4 is 28.4 Å². The van der Waals surface area contributed by atoms with Crippen molar-refractivity contribution in [3.05, 3.63) is 48.3 Å². The van der Waals surface area contributed by atoms with Crippen molar-refractivity contribution in [2.45, 2.75) is 32.6 Å². The number of anilines is 2. The van der Waals surface area contributed by atoms with Crippen LogP contribution in [0.2, 0.25) is 0 Å². The highest BCUT2D eigenvalue weighted by atomic mass is 16.5. The van der Waals surface area contributed by atoms with Crippen LogP contribution in [0.25, 0.3) is 10.9 Å². The molecule has 32 heavy (non-hydrogen) atoms. The van der Waals surface area contributed by atoms with Gasteiger partial charge in [0.15, 0.2) is 11.5 Å². The van der Waals surface area contributed by atoms with Crippen LogP contribution in [0, 0.1) is 12.3 Å². The summed E-state index contributed by atoms with van der Waals surface area (Å²) in [6, 6.07) is 11.3. The third-order valence-corrected chi connectivity index (χ3v) is 4.80. The van der Waals surface area contributed by atoms with Crippen LogP contribution in [0.5, 0.6) is 11.5 Å². The molecule has 0 atom stereocenters. The maximum Gasteiger partial charge on any atom is 0.305 e. The largest absolute Gasteiger partial charge is 0.493 e. The summed E-state index contributed by atoms with van der Waals surface area (Å²) in [6.07, 6.45) is 9.89. The molecule has 0 radical (unpaired) electrons. The van der Waals surface area contributed by atoms with E-state index in [9.17, 15) is 4.79 Å². The number of hydrogen-bond donors (Lipinski definition) is 1. The maximum atomic E-state index is 11.4. The summed E-state index contributed by atoms with van der Waals surface area (Å²) in [5.41, 5.74) is 2.34. The highest BCUT2D eigenvalue weighted by molar-refractivity contribution is 5.93. The average Bonchev–Trinajstić information content (AvgIpc) is 2.81. The van der Waals surface area contributed by atoms with Crippen LogP contribution in [0.15, 0.2) is 42.7 Å². The number of carbonyl (C=O) groups excluding carboxylic acids is 1. The molecule has 3 aromatic rings. The Hall–Kier alpha value is -3.79. The number of unbranched alkanes of at least 4 members (excludes halogenated alkanes) is 2. The molecular weight excluding hydrogens is 406 g/mol. The van der Waals surface area contributed by atoms with Crippen molar-refractivity contribution in [2.75, 3.05) is 25.6 Å². The predicted octanol–water partition coefficient (Wildman–Crippen LogP) is 4.87. The standard InChI is InChI=1S/C25H27N3O4/c1-4-18-10-9-11-19(14-18)28-25-20-15-23(22(30-3)16-21(20)26-17-27-25)32-13-8-6-7-12-24(29)31-5-2/h1,9-11,14-17H,5-8,12-13H2,2-3H3,(H,26,27,28). The van der Waals surface area contributed by atoms with E-state index in [1.807, 2.05) is 43.3 Å². The summed E-state index contributed by atoms with van der Waals surface area (Å²) < 4.78 is 16.4. The molecular formula is C25H27N3O4. The van der Waals surface area contributed by atoms with Crippen molar-refractivity contribution in [3.8, 4) is 23.8 Å². The van der Waals surface area contributed by atoms with Gasteiger partial charge >= 0.3 is 5.97 Å². The van der Waals surface area contributed by atoms with Crippen LogP contribution < -0.4 is 14.8 Å². The van der Waals surface area contributed by atoms with E-state index in [4.69, 9.17) is 20.6 Å². The Bertz CT molecular complexity index is 1110. The highest BCUT2D eigenvalue weighted by Gasteiger charge is 2.12. The fourth-order valence-corrected chi connectivity index (χ4v) is 3.22. The maximum absolute atomic E-state index is 11.4. The fraction of sp³-hybridized carbons (Fsp3) is 0.320. The molecule has 0 amide bonds. The van der Waals surface area contributed by atoms with E-state index in [0.717, 1.165) is 41.4 Å². The summed E-state index contributed by atoms with van der Waals surface area (Å²) in [7, 11) is 1.60. The molecule has 0 unspecified atom stereocenters. The zero-order chi connectivity index (χ0) is 22.8. The first kappa shape index (κ1) is 22.9. The quantitative estimate of drug-likeness (QED) is 0.262. The zero-order valence-corrected chi connectivity index (χ0v) is 18.4. The minimum absolute atomic E-state index is 0.155. The predicted molar refractivity (Wildman–Crippen MR) is 124 cm³/mol. The molecule has 0 saturated heterocycles. The number of nitrogens with one attached hydrogen (secondary N) is 1. The smallest absolute Gasteiger partial charge is 0.305 e. The molecule has 2 aromatic carbocycles. The topological polar surface area (TPSA) is 82.6 Å². The first-order valence-electron chi connectivity index (χ1n) is 10.6. The van der Waals surface area contributed by atoms with Gasteiger partial charge in [0.25, 0.3) is 0 Å². The van der Waals surface area contributed by atoms with Gasteiger partial charge in [-0.1, -0.05) is 12.0 Å². The third-order valence-electron chi connectivity index (χ3n) is 4.80. The van der Waals surface area contributed by atoms with Gasteiger partial charge in [-0.2, -0.15) is 0 Å². The number of hydrogen-bond acceptors (Lipinski definition) is 7. The first-order valence-corrected chi connectivity index (χ1v) is 10.6. The van der Waals surface area contributed by atoms with Gasteiger partial charge in [0.2, 0.25) is 0 Å². The van der Waals surface area contributed by atoms with E-state index in [0.29, 0.717) is 37.0 Å². The summed E-state index contributed by atoms with van der Waals surface area (Å²) in [5, 5.41) is 4.11. The van der Waals surface area contributed by atoms with E-state index in [2.05, 4.69) is 21.2 Å². The van der Waals surface area contributed by atoms with E-state index in [1.54, 1.807) is 7.11 Å². The molecule has 0 bridgehead atoms. The van der Waals surface area contributed by atoms with Crippen molar-refractivity contribution in [3.63, 3.8) is 0 Å². The molecule has 1 aromatic heterocycles. The van der Waals surface area contributed by atoms with Gasteiger partial charge in [-0.05, 0) is 50.5 Å².